The molecule has 0 atom stereocenters. The first-order valence-corrected chi connectivity index (χ1v) is 11.7. The van der Waals surface area contributed by atoms with Crippen molar-refractivity contribution >= 4 is 56.5 Å². The molecule has 0 spiro atoms. The molecule has 4 rings (SSSR count). The molecule has 3 aromatic rings. The third-order valence-corrected chi connectivity index (χ3v) is 6.57. The molecule has 1 aliphatic heterocycles. The summed E-state index contributed by atoms with van der Waals surface area (Å²) in [5, 5.41) is -0.329. The minimum absolute atomic E-state index is 0.000308. The lowest BCUT2D eigenvalue weighted by molar-refractivity contribution is -0.123. The van der Waals surface area contributed by atoms with E-state index in [2.05, 4.69) is 15.9 Å². The van der Waals surface area contributed by atoms with E-state index >= 15 is 0 Å². The van der Waals surface area contributed by atoms with Gasteiger partial charge in [0.05, 0.1) is 11.4 Å². The van der Waals surface area contributed by atoms with Gasteiger partial charge in [-0.1, -0.05) is 51.8 Å². The Morgan fingerprint density at radius 2 is 1.82 bits per heavy atom. The molecule has 33 heavy (non-hydrogen) atoms. The maximum atomic E-state index is 13.9. The largest absolute Gasteiger partial charge is 0.488 e. The van der Waals surface area contributed by atoms with Gasteiger partial charge in [-0.2, -0.15) is 0 Å². The maximum absolute atomic E-state index is 13.9. The predicted molar refractivity (Wildman–Crippen MR) is 128 cm³/mol. The normalized spacial score (nSPS) is 14.9. The van der Waals surface area contributed by atoms with Gasteiger partial charge in [0.1, 0.15) is 24.0 Å². The van der Waals surface area contributed by atoms with Gasteiger partial charge in [-0.05, 0) is 59.8 Å². The molecule has 0 unspecified atom stereocenters. The summed E-state index contributed by atoms with van der Waals surface area (Å²) < 4.78 is 33.8. The first kappa shape index (κ1) is 23.5. The van der Waals surface area contributed by atoms with E-state index in [1.165, 1.54) is 18.2 Å². The molecule has 1 heterocycles. The molecule has 2 amide bonds. The van der Waals surface area contributed by atoms with Crippen molar-refractivity contribution < 1.29 is 23.1 Å². The fourth-order valence-corrected chi connectivity index (χ4v) is 4.57. The van der Waals surface area contributed by atoms with Crippen LogP contribution in [0, 0.1) is 11.6 Å². The maximum Gasteiger partial charge on any atom is 0.293 e. The zero-order chi connectivity index (χ0) is 23.5. The van der Waals surface area contributed by atoms with Gasteiger partial charge in [-0.15, -0.1) is 0 Å². The zero-order valence-corrected chi connectivity index (χ0v) is 20.0. The molecule has 0 N–H and O–H groups in total. The second-order valence-corrected chi connectivity index (χ2v) is 9.38. The van der Waals surface area contributed by atoms with Crippen LogP contribution < -0.4 is 4.74 Å². The van der Waals surface area contributed by atoms with E-state index in [4.69, 9.17) is 16.3 Å². The highest BCUT2D eigenvalue weighted by molar-refractivity contribution is 9.10. The van der Waals surface area contributed by atoms with Crippen LogP contribution in [0.3, 0.4) is 0 Å². The summed E-state index contributed by atoms with van der Waals surface area (Å²) in [7, 11) is 0. The Morgan fingerprint density at radius 3 is 2.58 bits per heavy atom. The third-order valence-electron chi connectivity index (χ3n) is 4.82. The second-order valence-electron chi connectivity index (χ2n) is 7.07. The van der Waals surface area contributed by atoms with Gasteiger partial charge in [0.2, 0.25) is 0 Å². The van der Waals surface area contributed by atoms with Crippen LogP contribution in [-0.4, -0.2) is 16.0 Å². The minimum Gasteiger partial charge on any atom is -0.488 e. The highest BCUT2D eigenvalue weighted by Crippen LogP contribution is 2.36. The molecule has 9 heteroatoms. The van der Waals surface area contributed by atoms with E-state index in [1.54, 1.807) is 42.5 Å². The standard InChI is InChI=1S/C24H15BrClF2NO3S/c25-17-6-8-21(32-13-15-3-1-2-4-20(15)28)16(9-17)10-22-23(30)29(24(31)33-22)12-14-5-7-18(27)11-19(14)26/h1-11H,12-13H2/b22-10-. The zero-order valence-electron chi connectivity index (χ0n) is 16.9. The van der Waals surface area contributed by atoms with Gasteiger partial charge in [0.25, 0.3) is 11.1 Å². The quantitative estimate of drug-likeness (QED) is 0.305. The number of amides is 2. The molecule has 0 radical (unpaired) electrons. The van der Waals surface area contributed by atoms with Gasteiger partial charge >= 0.3 is 0 Å². The Labute approximate surface area is 206 Å². The molecule has 1 saturated heterocycles. The second kappa shape index (κ2) is 10.1. The molecule has 3 aromatic carbocycles. The van der Waals surface area contributed by atoms with Gasteiger partial charge < -0.3 is 4.74 Å². The van der Waals surface area contributed by atoms with E-state index in [-0.39, 0.29) is 28.9 Å². The van der Waals surface area contributed by atoms with Crippen molar-refractivity contribution in [3.63, 3.8) is 0 Å². The smallest absolute Gasteiger partial charge is 0.293 e. The fraction of sp³-hybridized carbons (Fsp3) is 0.0833. The van der Waals surface area contributed by atoms with Gasteiger partial charge in [0.15, 0.2) is 0 Å². The van der Waals surface area contributed by atoms with Gasteiger partial charge in [-0.3, -0.25) is 14.5 Å². The summed E-state index contributed by atoms with van der Waals surface area (Å²) in [4.78, 5) is 26.7. The Morgan fingerprint density at radius 1 is 1.03 bits per heavy atom. The van der Waals surface area contributed by atoms with Crippen molar-refractivity contribution in [3.05, 3.63) is 103 Å². The SMILES string of the molecule is O=C1S/C(=C\c2cc(Br)ccc2OCc2ccccc2F)C(=O)N1Cc1ccc(F)cc1Cl. The highest BCUT2D eigenvalue weighted by Gasteiger charge is 2.35. The van der Waals surface area contributed by atoms with Crippen LogP contribution in [0.25, 0.3) is 6.08 Å². The lowest BCUT2D eigenvalue weighted by atomic mass is 10.1. The van der Waals surface area contributed by atoms with Crippen molar-refractivity contribution in [2.45, 2.75) is 13.2 Å². The molecule has 1 fully saturated rings. The summed E-state index contributed by atoms with van der Waals surface area (Å²) in [5.74, 6) is -0.952. The van der Waals surface area contributed by atoms with Crippen LogP contribution in [0.4, 0.5) is 13.6 Å². The average molecular weight is 551 g/mol. The number of ether oxygens (including phenoxy) is 1. The molecule has 0 aliphatic carbocycles. The third kappa shape index (κ3) is 5.46. The number of imide groups is 1. The molecule has 4 nitrogen and oxygen atoms in total. The predicted octanol–water partition coefficient (Wildman–Crippen LogP) is 7.20. The first-order valence-electron chi connectivity index (χ1n) is 9.67. The molecule has 0 aromatic heterocycles. The monoisotopic (exact) mass is 549 g/mol. The highest BCUT2D eigenvalue weighted by atomic mass is 79.9. The first-order chi connectivity index (χ1) is 15.8. The van der Waals surface area contributed by atoms with E-state index in [0.29, 0.717) is 22.4 Å². The number of carbonyl (C=O) groups is 2. The van der Waals surface area contributed by atoms with Crippen LogP contribution in [0.1, 0.15) is 16.7 Å². The minimum atomic E-state index is -0.504. The number of carbonyl (C=O) groups excluding carboxylic acids is 2. The van der Waals surface area contributed by atoms with Gasteiger partial charge in [-0.25, -0.2) is 8.78 Å². The summed E-state index contributed by atoms with van der Waals surface area (Å²) in [6.07, 6.45) is 1.55. The van der Waals surface area contributed by atoms with Crippen molar-refractivity contribution in [1.82, 2.24) is 4.90 Å². The average Bonchev–Trinajstić information content (AvgIpc) is 3.03. The molecular weight excluding hydrogens is 536 g/mol. The van der Waals surface area contributed by atoms with Crippen LogP contribution in [-0.2, 0) is 17.9 Å². The molecule has 168 valence electrons. The molecular formula is C24H15BrClF2NO3S. The van der Waals surface area contributed by atoms with E-state index < -0.39 is 17.0 Å². The molecule has 0 bridgehead atoms. The number of hydrogen-bond acceptors (Lipinski definition) is 4. The summed E-state index contributed by atoms with van der Waals surface area (Å²) >= 11 is 10.2. The van der Waals surface area contributed by atoms with E-state index in [1.807, 2.05) is 0 Å². The van der Waals surface area contributed by atoms with Crippen molar-refractivity contribution in [2.75, 3.05) is 0 Å². The Hall–Kier alpha value is -2.68. The van der Waals surface area contributed by atoms with Crippen molar-refractivity contribution in [3.8, 4) is 5.75 Å². The summed E-state index contributed by atoms with van der Waals surface area (Å²) in [6, 6.07) is 15.3. The number of halogens is 4. The number of thioether (sulfide) groups is 1. The summed E-state index contributed by atoms with van der Waals surface area (Å²) in [6.45, 7) is -0.0735. The molecule has 0 saturated carbocycles. The Bertz CT molecular complexity index is 1280. The van der Waals surface area contributed by atoms with Gasteiger partial charge in [0, 0.05) is 20.6 Å². The van der Waals surface area contributed by atoms with E-state index in [9.17, 15) is 18.4 Å². The lowest BCUT2D eigenvalue weighted by Crippen LogP contribution is -2.27. The topological polar surface area (TPSA) is 46.6 Å². The number of rotatable bonds is 6. The van der Waals surface area contributed by atoms with E-state index in [0.717, 1.165) is 27.2 Å². The van der Waals surface area contributed by atoms with Crippen LogP contribution in [0.5, 0.6) is 5.75 Å². The lowest BCUT2D eigenvalue weighted by Gasteiger charge is -2.13. The molecule has 1 aliphatic rings. The Balaban J connectivity index is 1.57. The van der Waals surface area contributed by atoms with Crippen molar-refractivity contribution in [1.29, 1.82) is 0 Å². The number of nitrogens with zero attached hydrogens (tertiary/aromatic N) is 1. The fourth-order valence-electron chi connectivity index (χ4n) is 3.13. The van der Waals surface area contributed by atoms with Crippen molar-refractivity contribution in [2.24, 2.45) is 0 Å². The van der Waals surface area contributed by atoms with Crippen LogP contribution in [0.15, 0.2) is 70.0 Å². The summed E-state index contributed by atoms with van der Waals surface area (Å²) in [5.41, 5.74) is 1.40. The number of hydrogen-bond donors (Lipinski definition) is 0. The van der Waals surface area contributed by atoms with Crippen LogP contribution >= 0.6 is 39.3 Å². The number of benzene rings is 3. The van der Waals surface area contributed by atoms with Crippen LogP contribution in [0.2, 0.25) is 5.02 Å². The Kier molecular flexibility index (Phi) is 7.17.